The Hall–Kier alpha value is -5.77. The number of anilines is 3. The zero-order valence-electron chi connectivity index (χ0n) is 28.5. The van der Waals surface area contributed by atoms with Crippen LogP contribution < -0.4 is 20.7 Å². The molecular formula is C37H34ClFN8O6. The smallest absolute Gasteiger partial charge is 0.262 e. The largest absolute Gasteiger partial charge is 0.494 e. The number of piperidine rings is 1. The highest BCUT2D eigenvalue weighted by Gasteiger charge is 2.44. The Morgan fingerprint density at radius 3 is 2.53 bits per heavy atom. The van der Waals surface area contributed by atoms with Gasteiger partial charge in [-0.1, -0.05) is 23.7 Å². The van der Waals surface area contributed by atoms with Crippen LogP contribution in [0.4, 0.5) is 21.6 Å². The molecule has 0 saturated carbocycles. The molecule has 0 aliphatic carbocycles. The fraction of sp³-hybridized carbons (Fsp3) is 0.270. The molecule has 0 radical (unpaired) electrons. The Morgan fingerprint density at radius 1 is 1.00 bits per heavy atom. The molecule has 1 unspecified atom stereocenters. The second-order valence-corrected chi connectivity index (χ2v) is 13.2. The molecule has 0 bridgehead atoms. The first kappa shape index (κ1) is 35.6. The lowest BCUT2D eigenvalue weighted by Crippen LogP contribution is -2.54. The Kier molecular flexibility index (Phi) is 10.1. The maximum atomic E-state index is 13.7. The summed E-state index contributed by atoms with van der Waals surface area (Å²) in [5.41, 5.74) is 2.90. The van der Waals surface area contributed by atoms with E-state index in [1.807, 2.05) is 6.07 Å². The molecule has 3 N–H and O–H groups in total. The predicted octanol–water partition coefficient (Wildman–Crippen LogP) is 3.89. The molecule has 4 heterocycles. The van der Waals surface area contributed by atoms with E-state index in [0.29, 0.717) is 46.9 Å². The third-order valence-electron chi connectivity index (χ3n) is 9.40. The molecule has 1 atom stereocenters. The van der Waals surface area contributed by atoms with Gasteiger partial charge in [-0.25, -0.2) is 14.4 Å². The molecule has 272 valence electrons. The molecule has 53 heavy (non-hydrogen) atoms. The second-order valence-electron chi connectivity index (χ2n) is 12.8. The van der Waals surface area contributed by atoms with Crippen molar-refractivity contribution in [2.24, 2.45) is 0 Å². The topological polar surface area (TPSA) is 166 Å². The van der Waals surface area contributed by atoms with Crippen LogP contribution in [0.5, 0.6) is 5.75 Å². The number of methoxy groups -OCH3 is 1. The van der Waals surface area contributed by atoms with E-state index in [9.17, 15) is 28.4 Å². The van der Waals surface area contributed by atoms with Crippen LogP contribution in [0.15, 0.2) is 67.0 Å². The minimum absolute atomic E-state index is 0.0344. The highest BCUT2D eigenvalue weighted by Crippen LogP contribution is 2.34. The molecule has 2 fully saturated rings. The Balaban J connectivity index is 0.922. The van der Waals surface area contributed by atoms with Gasteiger partial charge < -0.3 is 15.4 Å². The van der Waals surface area contributed by atoms with Crippen molar-refractivity contribution in [2.45, 2.75) is 25.4 Å². The van der Waals surface area contributed by atoms with Crippen molar-refractivity contribution >= 4 is 69.2 Å². The van der Waals surface area contributed by atoms with Gasteiger partial charge in [0.1, 0.15) is 29.8 Å². The van der Waals surface area contributed by atoms with Gasteiger partial charge in [0.15, 0.2) is 0 Å². The van der Waals surface area contributed by atoms with Crippen molar-refractivity contribution in [1.82, 2.24) is 30.0 Å². The third kappa shape index (κ3) is 7.58. The van der Waals surface area contributed by atoms with Gasteiger partial charge in [0.25, 0.3) is 11.8 Å². The first-order valence-corrected chi connectivity index (χ1v) is 17.3. The van der Waals surface area contributed by atoms with Crippen LogP contribution in [0.25, 0.3) is 10.9 Å². The molecule has 2 saturated heterocycles. The number of carbonyl (C=O) groups is 5. The average Bonchev–Trinajstić information content (AvgIpc) is 3.38. The number of imide groups is 2. The summed E-state index contributed by atoms with van der Waals surface area (Å²) in [6.45, 7) is 4.15. The number of rotatable bonds is 10. The van der Waals surface area contributed by atoms with Crippen molar-refractivity contribution < 1.29 is 33.1 Å². The highest BCUT2D eigenvalue weighted by molar-refractivity contribution is 6.31. The number of benzene rings is 3. The van der Waals surface area contributed by atoms with Gasteiger partial charge in [0.05, 0.1) is 34.5 Å². The molecule has 0 spiro atoms. The van der Waals surface area contributed by atoms with Crippen LogP contribution in [0, 0.1) is 5.82 Å². The fourth-order valence-electron chi connectivity index (χ4n) is 6.65. The summed E-state index contributed by atoms with van der Waals surface area (Å²) in [4.78, 5) is 77.2. The maximum absolute atomic E-state index is 13.7. The lowest BCUT2D eigenvalue weighted by molar-refractivity contribution is -0.136. The van der Waals surface area contributed by atoms with Gasteiger partial charge in [0.2, 0.25) is 17.7 Å². The normalized spacial score (nSPS) is 18.1. The molecule has 16 heteroatoms. The number of hydrogen-bond donors (Lipinski definition) is 3. The van der Waals surface area contributed by atoms with Gasteiger partial charge >= 0.3 is 0 Å². The average molecular weight is 741 g/mol. The molecule has 4 aromatic rings. The molecule has 14 nitrogen and oxygen atoms in total. The number of carbonyl (C=O) groups excluding carboxylic acids is 5. The zero-order valence-corrected chi connectivity index (χ0v) is 29.3. The number of aromatic nitrogens is 2. The summed E-state index contributed by atoms with van der Waals surface area (Å²) < 4.78 is 19.2. The lowest BCUT2D eigenvalue weighted by Gasteiger charge is -2.34. The Morgan fingerprint density at radius 2 is 1.77 bits per heavy atom. The minimum atomic E-state index is -1.000. The van der Waals surface area contributed by atoms with E-state index in [4.69, 9.17) is 16.3 Å². The monoisotopic (exact) mass is 740 g/mol. The summed E-state index contributed by atoms with van der Waals surface area (Å²) in [6, 6.07) is 11.8. The second kappa shape index (κ2) is 15.1. The Bertz CT molecular complexity index is 2190. The first-order valence-electron chi connectivity index (χ1n) is 16.9. The molecule has 1 aromatic heterocycles. The number of amides is 5. The van der Waals surface area contributed by atoms with E-state index in [1.165, 1.54) is 37.7 Å². The number of nitrogens with one attached hydrogen (secondary N) is 3. The SMILES string of the molecule is COc1cc2ncnc(Nc3ccc(F)c(Cl)c3)c2cc1NC(=O)/C=C/CN1CCN(Cc2ccc3c(c2)C(=O)N(C2CCC(=O)NC2=O)C3=O)CC1. The molecule has 3 aliphatic heterocycles. The van der Waals surface area contributed by atoms with Crippen molar-refractivity contribution in [3.05, 3.63) is 94.5 Å². The standard InChI is InChI=1S/C37H34ClFN8O6/c1-53-31-18-28-25(34(41-20-40-28)42-22-5-7-27(39)26(38)16-22)17-29(31)43-32(48)3-2-10-45-11-13-46(14-12-45)19-21-4-6-23-24(15-21)37(52)47(36(23)51)30-8-9-33(49)44-35(30)50/h2-7,15-18,20,30H,8-14,19H2,1H3,(H,43,48)(H,40,41,42)(H,44,49,50)/b3-2+. The Labute approximate surface area is 307 Å². The van der Waals surface area contributed by atoms with Gasteiger partial charge in [-0.15, -0.1) is 0 Å². The summed E-state index contributed by atoms with van der Waals surface area (Å²) in [7, 11) is 1.50. The summed E-state index contributed by atoms with van der Waals surface area (Å²) in [6.07, 6.45) is 4.83. The first-order chi connectivity index (χ1) is 25.6. The number of fused-ring (bicyclic) bond motifs is 2. The van der Waals surface area contributed by atoms with E-state index in [1.54, 1.807) is 30.3 Å². The quantitative estimate of drug-likeness (QED) is 0.160. The lowest BCUT2D eigenvalue weighted by atomic mass is 10.0. The van der Waals surface area contributed by atoms with E-state index in [0.717, 1.165) is 36.6 Å². The van der Waals surface area contributed by atoms with Gasteiger partial charge in [0, 0.05) is 68.9 Å². The molecule has 5 amide bonds. The van der Waals surface area contributed by atoms with Crippen LogP contribution in [0.1, 0.15) is 39.1 Å². The zero-order chi connectivity index (χ0) is 37.2. The number of hydrogen-bond acceptors (Lipinski definition) is 11. The molecular weight excluding hydrogens is 707 g/mol. The number of nitrogens with zero attached hydrogens (tertiary/aromatic N) is 5. The van der Waals surface area contributed by atoms with Crippen molar-refractivity contribution in [1.29, 1.82) is 0 Å². The van der Waals surface area contributed by atoms with Gasteiger partial charge in [-0.2, -0.15) is 0 Å². The maximum Gasteiger partial charge on any atom is 0.262 e. The third-order valence-corrected chi connectivity index (χ3v) is 9.69. The number of piperazine rings is 1. The van der Waals surface area contributed by atoms with Crippen molar-refractivity contribution in [3.63, 3.8) is 0 Å². The molecule has 3 aliphatic rings. The number of halogens is 2. The summed E-state index contributed by atoms with van der Waals surface area (Å²) in [5, 5.41) is 8.76. The van der Waals surface area contributed by atoms with Crippen LogP contribution in [0.3, 0.4) is 0 Å². The van der Waals surface area contributed by atoms with E-state index in [2.05, 4.69) is 35.7 Å². The minimum Gasteiger partial charge on any atom is -0.494 e. The van der Waals surface area contributed by atoms with Crippen LogP contribution >= 0.6 is 11.6 Å². The number of ether oxygens (including phenoxy) is 1. The van der Waals surface area contributed by atoms with E-state index >= 15 is 0 Å². The van der Waals surface area contributed by atoms with Gasteiger partial charge in [-0.3, -0.25) is 44.0 Å². The summed E-state index contributed by atoms with van der Waals surface area (Å²) >= 11 is 5.94. The molecule has 3 aromatic carbocycles. The van der Waals surface area contributed by atoms with Crippen LogP contribution in [-0.4, -0.2) is 100 Å². The van der Waals surface area contributed by atoms with E-state index < -0.39 is 35.5 Å². The van der Waals surface area contributed by atoms with Crippen molar-refractivity contribution in [2.75, 3.05) is 50.5 Å². The predicted molar refractivity (Wildman–Crippen MR) is 193 cm³/mol. The van der Waals surface area contributed by atoms with Crippen molar-refractivity contribution in [3.8, 4) is 5.75 Å². The fourth-order valence-corrected chi connectivity index (χ4v) is 6.83. The van der Waals surface area contributed by atoms with Crippen LogP contribution in [-0.2, 0) is 20.9 Å². The van der Waals surface area contributed by atoms with E-state index in [-0.39, 0.29) is 34.9 Å². The molecule has 7 rings (SSSR count). The highest BCUT2D eigenvalue weighted by atomic mass is 35.5. The summed E-state index contributed by atoms with van der Waals surface area (Å²) in [5.74, 6) is -2.14. The van der Waals surface area contributed by atoms with Gasteiger partial charge in [-0.05, 0) is 48.4 Å². The van der Waals surface area contributed by atoms with Crippen LogP contribution in [0.2, 0.25) is 5.02 Å².